The van der Waals surface area contributed by atoms with Crippen LogP contribution in [0.5, 0.6) is 0 Å². The summed E-state index contributed by atoms with van der Waals surface area (Å²) in [4.78, 5) is 0. The van der Waals surface area contributed by atoms with Gasteiger partial charge in [-0.15, -0.1) is 0 Å². The maximum atomic E-state index is 10.6. The standard InChI is InChI=1S/C28H46O3/c1-19(9-7-15-26(3,4)30)24-13-14-25-21(10-8-16-27(24,25)5)11-12-22-17-23(29)18-28(6,31)20(22)2/h11-12,19,23-25,29-31H,2,7-10,13-18H2,1,3-6H3/t19-,23+,24+,25-,27+,28-/m0/s1. The number of aliphatic hydroxyl groups excluding tert-OH is 1. The molecule has 3 nitrogen and oxygen atoms in total. The Morgan fingerprint density at radius 2 is 1.94 bits per heavy atom. The molecule has 3 rings (SSSR count). The van der Waals surface area contributed by atoms with Gasteiger partial charge < -0.3 is 15.3 Å². The second-order valence-corrected chi connectivity index (χ2v) is 12.0. The van der Waals surface area contributed by atoms with Gasteiger partial charge in [-0.1, -0.05) is 51.0 Å². The zero-order valence-corrected chi connectivity index (χ0v) is 20.6. The molecular weight excluding hydrogens is 384 g/mol. The summed E-state index contributed by atoms with van der Waals surface area (Å²) in [5, 5.41) is 30.8. The van der Waals surface area contributed by atoms with Crippen molar-refractivity contribution in [2.75, 3.05) is 0 Å². The van der Waals surface area contributed by atoms with E-state index < -0.39 is 17.3 Å². The van der Waals surface area contributed by atoms with Crippen LogP contribution in [0, 0.1) is 23.2 Å². The van der Waals surface area contributed by atoms with Gasteiger partial charge in [-0.25, -0.2) is 0 Å². The Morgan fingerprint density at radius 3 is 2.61 bits per heavy atom. The van der Waals surface area contributed by atoms with E-state index in [1.54, 1.807) is 12.5 Å². The van der Waals surface area contributed by atoms with Gasteiger partial charge in [0.2, 0.25) is 0 Å². The number of aliphatic hydroxyl groups is 3. The first-order valence-electron chi connectivity index (χ1n) is 12.6. The van der Waals surface area contributed by atoms with E-state index in [1.165, 1.54) is 32.1 Å². The Kier molecular flexibility index (Phi) is 7.30. The SMILES string of the molecule is C=C1C(=CC=C2CCC[C@]3(C)[C@@H]([C@@H](C)CCCC(C)(C)O)CC[C@@H]23)C[C@@H](O)C[C@]1(C)O. The van der Waals surface area contributed by atoms with Crippen LogP contribution in [0.25, 0.3) is 0 Å². The molecule has 3 aliphatic rings. The number of fused-ring (bicyclic) bond motifs is 1. The first kappa shape index (κ1) is 24.7. The van der Waals surface area contributed by atoms with Crippen LogP contribution < -0.4 is 0 Å². The van der Waals surface area contributed by atoms with Crippen molar-refractivity contribution in [1.82, 2.24) is 0 Å². The van der Waals surface area contributed by atoms with E-state index in [9.17, 15) is 15.3 Å². The predicted octanol–water partition coefficient (Wildman–Crippen LogP) is 6.09. The molecule has 0 spiro atoms. The van der Waals surface area contributed by atoms with Crippen molar-refractivity contribution in [3.8, 4) is 0 Å². The summed E-state index contributed by atoms with van der Waals surface area (Å²) in [5.74, 6) is 2.09. The summed E-state index contributed by atoms with van der Waals surface area (Å²) in [6, 6.07) is 0. The van der Waals surface area contributed by atoms with Crippen LogP contribution >= 0.6 is 0 Å². The van der Waals surface area contributed by atoms with Crippen LogP contribution in [0.15, 0.2) is 35.5 Å². The largest absolute Gasteiger partial charge is 0.393 e. The highest BCUT2D eigenvalue weighted by Gasteiger charge is 2.50. The van der Waals surface area contributed by atoms with Crippen molar-refractivity contribution in [3.05, 3.63) is 35.5 Å². The number of hydrogen-bond acceptors (Lipinski definition) is 3. The second-order valence-electron chi connectivity index (χ2n) is 12.0. The van der Waals surface area contributed by atoms with Gasteiger partial charge >= 0.3 is 0 Å². The van der Waals surface area contributed by atoms with Crippen molar-refractivity contribution >= 4 is 0 Å². The maximum Gasteiger partial charge on any atom is 0.0890 e. The lowest BCUT2D eigenvalue weighted by atomic mass is 9.60. The van der Waals surface area contributed by atoms with Crippen LogP contribution in [-0.2, 0) is 0 Å². The number of allylic oxidation sites excluding steroid dienone is 3. The molecule has 0 heterocycles. The fourth-order valence-corrected chi connectivity index (χ4v) is 7.03. The molecular formula is C28H46O3. The van der Waals surface area contributed by atoms with E-state index in [4.69, 9.17) is 0 Å². The first-order valence-corrected chi connectivity index (χ1v) is 12.6. The molecule has 3 saturated carbocycles. The molecule has 0 aliphatic heterocycles. The van der Waals surface area contributed by atoms with E-state index in [0.29, 0.717) is 30.1 Å². The molecule has 0 amide bonds. The highest BCUT2D eigenvalue weighted by Crippen LogP contribution is 2.60. The van der Waals surface area contributed by atoms with E-state index in [2.05, 4.69) is 32.6 Å². The quantitative estimate of drug-likeness (QED) is 0.477. The zero-order valence-electron chi connectivity index (χ0n) is 20.6. The van der Waals surface area contributed by atoms with Gasteiger partial charge in [0.15, 0.2) is 0 Å². The Hall–Kier alpha value is -0.900. The van der Waals surface area contributed by atoms with Crippen LogP contribution in [-0.4, -0.2) is 32.6 Å². The molecule has 0 saturated heterocycles. The molecule has 0 radical (unpaired) electrons. The topological polar surface area (TPSA) is 60.7 Å². The van der Waals surface area contributed by atoms with Crippen molar-refractivity contribution in [2.24, 2.45) is 23.2 Å². The van der Waals surface area contributed by atoms with Gasteiger partial charge in [0.1, 0.15) is 0 Å². The minimum atomic E-state index is -1.01. The summed E-state index contributed by atoms with van der Waals surface area (Å²) in [5.41, 5.74) is 2.11. The van der Waals surface area contributed by atoms with Crippen LogP contribution in [0.3, 0.4) is 0 Å². The third-order valence-corrected chi connectivity index (χ3v) is 8.80. The Labute approximate surface area is 190 Å². The molecule has 0 aromatic carbocycles. The lowest BCUT2D eigenvalue weighted by Gasteiger charge is -2.44. The van der Waals surface area contributed by atoms with Crippen LogP contribution in [0.4, 0.5) is 0 Å². The summed E-state index contributed by atoms with van der Waals surface area (Å²) in [6.45, 7) is 14.7. The third kappa shape index (κ3) is 5.54. The highest BCUT2D eigenvalue weighted by atomic mass is 16.3. The molecule has 3 aliphatic carbocycles. The fourth-order valence-electron chi connectivity index (χ4n) is 7.03. The first-order chi connectivity index (χ1) is 14.3. The highest BCUT2D eigenvalue weighted by molar-refractivity contribution is 5.41. The van der Waals surface area contributed by atoms with Gasteiger partial charge in [0.25, 0.3) is 0 Å². The average molecular weight is 431 g/mol. The van der Waals surface area contributed by atoms with Crippen molar-refractivity contribution in [3.63, 3.8) is 0 Å². The molecule has 3 fully saturated rings. The molecule has 6 atom stereocenters. The summed E-state index contributed by atoms with van der Waals surface area (Å²) in [7, 11) is 0. The fraction of sp³-hybridized carbons (Fsp3) is 0.786. The van der Waals surface area contributed by atoms with Crippen LogP contribution in [0.2, 0.25) is 0 Å². The number of hydrogen-bond donors (Lipinski definition) is 3. The van der Waals surface area contributed by atoms with Gasteiger partial charge in [-0.3, -0.25) is 0 Å². The van der Waals surface area contributed by atoms with E-state index in [1.807, 2.05) is 13.8 Å². The van der Waals surface area contributed by atoms with Crippen molar-refractivity contribution < 1.29 is 15.3 Å². The normalized spacial score (nSPS) is 40.4. The predicted molar refractivity (Wildman–Crippen MR) is 129 cm³/mol. The zero-order chi connectivity index (χ0) is 23.0. The minimum Gasteiger partial charge on any atom is -0.393 e. The maximum absolute atomic E-state index is 10.6. The molecule has 0 bridgehead atoms. The van der Waals surface area contributed by atoms with Gasteiger partial charge in [-0.2, -0.15) is 0 Å². The Balaban J connectivity index is 1.72. The summed E-state index contributed by atoms with van der Waals surface area (Å²) >= 11 is 0. The average Bonchev–Trinajstić information content (AvgIpc) is 2.99. The molecule has 3 N–H and O–H groups in total. The lowest BCUT2D eigenvalue weighted by molar-refractivity contribution is 0.0204. The van der Waals surface area contributed by atoms with Gasteiger partial charge in [0.05, 0.1) is 17.3 Å². The summed E-state index contributed by atoms with van der Waals surface area (Å²) in [6.07, 6.45) is 14.4. The minimum absolute atomic E-state index is 0.366. The smallest absolute Gasteiger partial charge is 0.0890 e. The molecule has 3 heteroatoms. The summed E-state index contributed by atoms with van der Waals surface area (Å²) < 4.78 is 0. The van der Waals surface area contributed by atoms with E-state index in [0.717, 1.165) is 36.3 Å². The van der Waals surface area contributed by atoms with Crippen molar-refractivity contribution in [1.29, 1.82) is 0 Å². The van der Waals surface area contributed by atoms with Crippen LogP contribution in [0.1, 0.15) is 98.8 Å². The monoisotopic (exact) mass is 430 g/mol. The Bertz CT molecular complexity index is 723. The van der Waals surface area contributed by atoms with E-state index in [-0.39, 0.29) is 0 Å². The molecule has 0 aromatic heterocycles. The molecule has 0 unspecified atom stereocenters. The van der Waals surface area contributed by atoms with Crippen molar-refractivity contribution in [2.45, 2.75) is 116 Å². The number of rotatable bonds is 6. The van der Waals surface area contributed by atoms with E-state index >= 15 is 0 Å². The molecule has 0 aromatic rings. The molecule has 31 heavy (non-hydrogen) atoms. The van der Waals surface area contributed by atoms with Gasteiger partial charge in [0, 0.05) is 6.42 Å². The van der Waals surface area contributed by atoms with Gasteiger partial charge in [-0.05, 0) is 100 Å². The Morgan fingerprint density at radius 1 is 1.23 bits per heavy atom. The molecule has 176 valence electrons. The second kappa shape index (κ2) is 9.15. The third-order valence-electron chi connectivity index (χ3n) is 8.80. The lowest BCUT2D eigenvalue weighted by Crippen LogP contribution is -2.37.